The fourth-order valence-electron chi connectivity index (χ4n) is 1.12. The third-order valence-corrected chi connectivity index (χ3v) is 1.93. The van der Waals surface area contributed by atoms with Crippen LogP contribution in [0, 0.1) is 5.92 Å². The van der Waals surface area contributed by atoms with Crippen molar-refractivity contribution in [1.29, 1.82) is 0 Å². The molecule has 0 rings (SSSR count). The Hall–Kier alpha value is -0.300. The van der Waals surface area contributed by atoms with Crippen LogP contribution in [0.2, 0.25) is 0 Å². The monoisotopic (exact) mass is 141 g/mol. The lowest BCUT2D eigenvalue weighted by Crippen LogP contribution is -2.13. The van der Waals surface area contributed by atoms with Crippen molar-refractivity contribution in [1.82, 2.24) is 5.32 Å². The van der Waals surface area contributed by atoms with Crippen molar-refractivity contribution in [3.63, 3.8) is 0 Å². The Bertz CT molecular complexity index is 96.9. The quantitative estimate of drug-likeness (QED) is 0.579. The summed E-state index contributed by atoms with van der Waals surface area (Å²) in [5.41, 5.74) is 1.32. The first kappa shape index (κ1) is 9.70. The first-order chi connectivity index (χ1) is 4.72. The summed E-state index contributed by atoms with van der Waals surface area (Å²) in [6.07, 6.45) is 2.44. The predicted molar refractivity (Wildman–Crippen MR) is 47.1 cm³/mol. The van der Waals surface area contributed by atoms with Crippen molar-refractivity contribution in [2.45, 2.75) is 26.7 Å². The zero-order chi connectivity index (χ0) is 7.98. The maximum absolute atomic E-state index is 3.95. The highest BCUT2D eigenvalue weighted by atomic mass is 14.8. The van der Waals surface area contributed by atoms with Crippen molar-refractivity contribution in [3.8, 4) is 0 Å². The highest BCUT2D eigenvalue weighted by Crippen LogP contribution is 2.15. The van der Waals surface area contributed by atoms with Crippen LogP contribution in [0.25, 0.3) is 0 Å². The topological polar surface area (TPSA) is 12.0 Å². The fourth-order valence-corrected chi connectivity index (χ4v) is 1.12. The van der Waals surface area contributed by atoms with Gasteiger partial charge in [0.15, 0.2) is 0 Å². The molecule has 1 unspecified atom stereocenters. The van der Waals surface area contributed by atoms with E-state index in [2.05, 4.69) is 25.7 Å². The van der Waals surface area contributed by atoms with Gasteiger partial charge < -0.3 is 5.32 Å². The predicted octanol–water partition coefficient (Wildman–Crippen LogP) is 2.20. The summed E-state index contributed by atoms with van der Waals surface area (Å²) in [5.74, 6) is 0.715. The van der Waals surface area contributed by atoms with E-state index in [4.69, 9.17) is 0 Å². The molecule has 0 aliphatic rings. The fraction of sp³-hybridized carbons (Fsp3) is 0.778. The summed E-state index contributed by atoms with van der Waals surface area (Å²) < 4.78 is 0. The van der Waals surface area contributed by atoms with E-state index < -0.39 is 0 Å². The molecule has 0 spiro atoms. The molecule has 0 aliphatic carbocycles. The molecule has 0 aromatic heterocycles. The van der Waals surface area contributed by atoms with Gasteiger partial charge >= 0.3 is 0 Å². The zero-order valence-electron chi connectivity index (χ0n) is 7.41. The van der Waals surface area contributed by atoms with Gasteiger partial charge in [-0.05, 0) is 39.3 Å². The van der Waals surface area contributed by atoms with Gasteiger partial charge in [0.2, 0.25) is 0 Å². The minimum atomic E-state index is 0.715. The van der Waals surface area contributed by atoms with Crippen LogP contribution < -0.4 is 5.32 Å². The largest absolute Gasteiger partial charge is 0.320 e. The molecule has 0 aromatic carbocycles. The second kappa shape index (κ2) is 5.48. The molecule has 0 heterocycles. The minimum absolute atomic E-state index is 0.715. The third-order valence-electron chi connectivity index (χ3n) is 1.93. The van der Waals surface area contributed by atoms with Crippen molar-refractivity contribution in [3.05, 3.63) is 12.2 Å². The third kappa shape index (κ3) is 3.67. The van der Waals surface area contributed by atoms with Gasteiger partial charge in [-0.3, -0.25) is 0 Å². The Morgan fingerprint density at radius 3 is 2.50 bits per heavy atom. The van der Waals surface area contributed by atoms with Gasteiger partial charge in [-0.15, -0.1) is 0 Å². The summed E-state index contributed by atoms with van der Waals surface area (Å²) in [6.45, 7) is 9.39. The van der Waals surface area contributed by atoms with E-state index in [9.17, 15) is 0 Å². The highest BCUT2D eigenvalue weighted by Gasteiger charge is 2.04. The Balaban J connectivity index is 3.50. The number of allylic oxidation sites excluding steroid dienone is 1. The molecule has 0 fully saturated rings. The summed E-state index contributed by atoms with van der Waals surface area (Å²) in [5, 5.41) is 3.15. The van der Waals surface area contributed by atoms with Crippen LogP contribution in [0.1, 0.15) is 26.7 Å². The van der Waals surface area contributed by atoms with Crippen LogP contribution in [0.15, 0.2) is 12.2 Å². The molecule has 60 valence electrons. The minimum Gasteiger partial charge on any atom is -0.320 e. The Kier molecular flexibility index (Phi) is 5.32. The van der Waals surface area contributed by atoms with E-state index in [0.29, 0.717) is 5.92 Å². The first-order valence-electron chi connectivity index (χ1n) is 4.02. The molecule has 0 aromatic rings. The summed E-state index contributed by atoms with van der Waals surface area (Å²) >= 11 is 0. The van der Waals surface area contributed by atoms with Gasteiger partial charge in [-0.2, -0.15) is 0 Å². The molecular weight excluding hydrogens is 122 g/mol. The maximum atomic E-state index is 3.95. The molecule has 1 heteroatoms. The molecule has 0 amide bonds. The molecule has 0 saturated heterocycles. The van der Waals surface area contributed by atoms with Crippen molar-refractivity contribution >= 4 is 0 Å². The van der Waals surface area contributed by atoms with Crippen molar-refractivity contribution in [2.75, 3.05) is 13.6 Å². The van der Waals surface area contributed by atoms with Crippen LogP contribution in [-0.2, 0) is 0 Å². The molecule has 0 saturated carbocycles. The van der Waals surface area contributed by atoms with Crippen molar-refractivity contribution in [2.24, 2.45) is 5.92 Å². The van der Waals surface area contributed by atoms with Gasteiger partial charge in [-0.1, -0.05) is 19.1 Å². The lowest BCUT2D eigenvalue weighted by atomic mass is 9.95. The van der Waals surface area contributed by atoms with Gasteiger partial charge in [0.1, 0.15) is 0 Å². The average Bonchev–Trinajstić information content (AvgIpc) is 1.89. The second-order valence-electron chi connectivity index (χ2n) is 2.84. The molecule has 1 atom stereocenters. The molecular formula is C9H19N. The van der Waals surface area contributed by atoms with E-state index in [1.807, 2.05) is 7.05 Å². The first-order valence-corrected chi connectivity index (χ1v) is 4.02. The zero-order valence-corrected chi connectivity index (χ0v) is 7.41. The average molecular weight is 141 g/mol. The Labute approximate surface area is 64.5 Å². The summed E-state index contributed by atoms with van der Waals surface area (Å²) in [7, 11) is 1.99. The second-order valence-corrected chi connectivity index (χ2v) is 2.84. The van der Waals surface area contributed by atoms with Crippen LogP contribution in [-0.4, -0.2) is 13.6 Å². The number of hydrogen-bond donors (Lipinski definition) is 1. The molecule has 1 nitrogen and oxygen atoms in total. The molecule has 0 radical (unpaired) electrons. The number of hydrogen-bond acceptors (Lipinski definition) is 1. The van der Waals surface area contributed by atoms with Crippen LogP contribution in [0.3, 0.4) is 0 Å². The molecule has 0 bridgehead atoms. The van der Waals surface area contributed by atoms with E-state index in [0.717, 1.165) is 6.54 Å². The normalized spacial score (nSPS) is 13.1. The summed E-state index contributed by atoms with van der Waals surface area (Å²) in [6, 6.07) is 0. The lowest BCUT2D eigenvalue weighted by Gasteiger charge is -2.13. The summed E-state index contributed by atoms with van der Waals surface area (Å²) in [4.78, 5) is 0. The van der Waals surface area contributed by atoms with Gasteiger partial charge in [0.05, 0.1) is 0 Å². The van der Waals surface area contributed by atoms with E-state index in [-0.39, 0.29) is 0 Å². The Morgan fingerprint density at radius 2 is 2.20 bits per heavy atom. The smallest absolute Gasteiger partial charge is 0.00462 e. The van der Waals surface area contributed by atoms with Gasteiger partial charge in [0.25, 0.3) is 0 Å². The standard InChI is InChI=1S/C9H19N/c1-5-9(8(2)3)6-7-10-4/h9-10H,2,5-7H2,1,3-4H3. The lowest BCUT2D eigenvalue weighted by molar-refractivity contribution is 0.527. The number of rotatable bonds is 5. The van der Waals surface area contributed by atoms with E-state index >= 15 is 0 Å². The van der Waals surface area contributed by atoms with Gasteiger partial charge in [0, 0.05) is 0 Å². The van der Waals surface area contributed by atoms with Crippen LogP contribution in [0.4, 0.5) is 0 Å². The Morgan fingerprint density at radius 1 is 1.60 bits per heavy atom. The van der Waals surface area contributed by atoms with E-state index in [1.54, 1.807) is 0 Å². The van der Waals surface area contributed by atoms with Crippen LogP contribution in [0.5, 0.6) is 0 Å². The van der Waals surface area contributed by atoms with E-state index in [1.165, 1.54) is 18.4 Å². The number of nitrogens with one attached hydrogen (secondary N) is 1. The van der Waals surface area contributed by atoms with Gasteiger partial charge in [-0.25, -0.2) is 0 Å². The molecule has 10 heavy (non-hydrogen) atoms. The SMILES string of the molecule is C=C(C)C(CC)CCNC. The van der Waals surface area contributed by atoms with Crippen molar-refractivity contribution < 1.29 is 0 Å². The van der Waals surface area contributed by atoms with Crippen LogP contribution >= 0.6 is 0 Å². The highest BCUT2D eigenvalue weighted by molar-refractivity contribution is 4.95. The molecule has 1 N–H and O–H groups in total. The maximum Gasteiger partial charge on any atom is -0.00462 e. The molecule has 0 aliphatic heterocycles.